The third-order valence-corrected chi connectivity index (χ3v) is 7.31. The first-order chi connectivity index (χ1) is 16.7. The number of ether oxygens (including phenoxy) is 1. The Hall–Kier alpha value is -3.12. The first-order valence-electron chi connectivity index (χ1n) is 12.7. The number of likely N-dealkylation sites (N-methyl/N-ethyl adjacent to an activating group) is 1. The minimum atomic E-state index is -0.687. The highest BCUT2D eigenvalue weighted by molar-refractivity contribution is 6.46. The van der Waals surface area contributed by atoms with E-state index >= 15 is 0 Å². The van der Waals surface area contributed by atoms with E-state index in [4.69, 9.17) is 4.74 Å². The molecular formula is C29H36N2O4. The van der Waals surface area contributed by atoms with E-state index in [2.05, 4.69) is 27.7 Å². The van der Waals surface area contributed by atoms with E-state index in [1.165, 1.54) is 10.5 Å². The third kappa shape index (κ3) is 4.85. The molecule has 2 aliphatic rings. The number of likely N-dealkylation sites (tertiary alicyclic amines) is 1. The molecule has 0 radical (unpaired) electrons. The van der Waals surface area contributed by atoms with Gasteiger partial charge in [0.2, 0.25) is 5.78 Å². The van der Waals surface area contributed by atoms with Gasteiger partial charge in [0.25, 0.3) is 5.91 Å². The normalized spacial score (nSPS) is 21.2. The maximum atomic E-state index is 13.8. The number of amides is 1. The molecule has 2 aliphatic heterocycles. The Morgan fingerprint density at radius 2 is 1.80 bits per heavy atom. The summed E-state index contributed by atoms with van der Waals surface area (Å²) >= 11 is 0. The summed E-state index contributed by atoms with van der Waals surface area (Å²) in [5, 5.41) is 13.8. The van der Waals surface area contributed by atoms with Gasteiger partial charge in [0, 0.05) is 12.0 Å². The van der Waals surface area contributed by atoms with E-state index in [1.54, 1.807) is 17.0 Å². The smallest absolute Gasteiger partial charge is 0.295 e. The highest BCUT2D eigenvalue weighted by Crippen LogP contribution is 2.40. The van der Waals surface area contributed by atoms with E-state index < -0.39 is 17.7 Å². The lowest BCUT2D eigenvalue weighted by atomic mass is 9.92. The lowest BCUT2D eigenvalue weighted by molar-refractivity contribution is -0.895. The van der Waals surface area contributed by atoms with Gasteiger partial charge in [-0.15, -0.1) is 0 Å². The van der Waals surface area contributed by atoms with Crippen molar-refractivity contribution in [1.29, 1.82) is 0 Å². The van der Waals surface area contributed by atoms with Crippen molar-refractivity contribution in [2.45, 2.75) is 59.1 Å². The number of hydrogen-bond acceptors (Lipinski definition) is 4. The molecule has 0 bridgehead atoms. The van der Waals surface area contributed by atoms with E-state index in [0.29, 0.717) is 18.0 Å². The zero-order chi connectivity index (χ0) is 25.3. The molecule has 6 nitrogen and oxygen atoms in total. The Balaban J connectivity index is 1.78. The van der Waals surface area contributed by atoms with Crippen LogP contribution >= 0.6 is 0 Å². The van der Waals surface area contributed by atoms with Gasteiger partial charge in [-0.1, -0.05) is 49.9 Å². The maximum absolute atomic E-state index is 13.8. The minimum absolute atomic E-state index is 0.0498. The van der Waals surface area contributed by atoms with Crippen LogP contribution in [0.4, 0.5) is 0 Å². The number of Topliss-reactive ketones (excluding diaryl/α,β-unsaturated/α-hetero) is 1. The van der Waals surface area contributed by atoms with Crippen LogP contribution in [0, 0.1) is 0 Å². The summed E-state index contributed by atoms with van der Waals surface area (Å²) in [7, 11) is 0. The topological polar surface area (TPSA) is 74.1 Å². The molecule has 0 aromatic heterocycles. The van der Waals surface area contributed by atoms with Crippen LogP contribution in [0.5, 0.6) is 5.75 Å². The van der Waals surface area contributed by atoms with E-state index in [1.807, 2.05) is 37.3 Å². The van der Waals surface area contributed by atoms with Crippen LogP contribution < -0.4 is 14.7 Å². The van der Waals surface area contributed by atoms with E-state index in [9.17, 15) is 14.7 Å². The maximum Gasteiger partial charge on any atom is 0.295 e. The lowest BCUT2D eigenvalue weighted by Crippen LogP contribution is -3.12. The zero-order valence-corrected chi connectivity index (χ0v) is 21.4. The molecule has 1 amide bonds. The zero-order valence-electron chi connectivity index (χ0n) is 21.4. The number of carbonyl (C=O) groups excluding carboxylic acids is 2. The summed E-state index contributed by atoms with van der Waals surface area (Å²) in [6.07, 6.45) is 0.778. The fourth-order valence-electron chi connectivity index (χ4n) is 5.11. The van der Waals surface area contributed by atoms with E-state index in [-0.39, 0.29) is 17.4 Å². The molecule has 2 heterocycles. The molecule has 2 aromatic rings. The monoisotopic (exact) mass is 476 g/mol. The number of carbonyl (C=O) groups is 2. The van der Waals surface area contributed by atoms with Gasteiger partial charge < -0.3 is 19.6 Å². The second-order valence-corrected chi connectivity index (χ2v) is 9.96. The van der Waals surface area contributed by atoms with Crippen molar-refractivity contribution in [1.82, 2.24) is 4.90 Å². The van der Waals surface area contributed by atoms with Crippen molar-refractivity contribution in [2.75, 3.05) is 26.2 Å². The molecule has 0 aliphatic carbocycles. The highest BCUT2D eigenvalue weighted by Gasteiger charge is 2.44. The minimum Gasteiger partial charge on any atom is -0.872 e. The van der Waals surface area contributed by atoms with Gasteiger partial charge in [-0.05, 0) is 61.1 Å². The van der Waals surface area contributed by atoms with Crippen molar-refractivity contribution in [3.8, 4) is 5.75 Å². The summed E-state index contributed by atoms with van der Waals surface area (Å²) < 4.78 is 5.77. The standard InChI is InChI=1S/C29H36N2O4/c1-6-30(7-2)14-15-31-26(21-10-8-20(9-11-21)18(3)4)25(28(33)29(31)34)27(32)22-12-13-24-23(17-22)16-19(5)35-24/h8-13,17-19,26,32H,6-7,14-16H2,1-5H3/b27-25+. The molecule has 35 heavy (non-hydrogen) atoms. The highest BCUT2D eigenvalue weighted by atomic mass is 16.5. The third-order valence-electron chi connectivity index (χ3n) is 7.31. The molecule has 2 atom stereocenters. The van der Waals surface area contributed by atoms with Gasteiger partial charge in [-0.25, -0.2) is 0 Å². The van der Waals surface area contributed by atoms with Gasteiger partial charge >= 0.3 is 0 Å². The summed E-state index contributed by atoms with van der Waals surface area (Å²) in [4.78, 5) is 29.4. The Morgan fingerprint density at radius 1 is 1.11 bits per heavy atom. The molecule has 0 saturated carbocycles. The number of benzene rings is 2. The Labute approximate surface area is 208 Å². The van der Waals surface area contributed by atoms with Gasteiger partial charge in [0.1, 0.15) is 11.9 Å². The summed E-state index contributed by atoms with van der Waals surface area (Å²) in [5.74, 6) is -0.512. The fourth-order valence-corrected chi connectivity index (χ4v) is 5.11. The van der Waals surface area contributed by atoms with Gasteiger partial charge in [0.05, 0.1) is 32.2 Å². The number of nitrogens with zero attached hydrogens (tertiary/aromatic N) is 1. The molecular weight excluding hydrogens is 440 g/mol. The Kier molecular flexibility index (Phi) is 7.31. The Morgan fingerprint density at radius 3 is 2.43 bits per heavy atom. The molecule has 0 spiro atoms. The fraction of sp³-hybridized carbons (Fsp3) is 0.448. The van der Waals surface area contributed by atoms with Crippen LogP contribution in [0.1, 0.15) is 68.8 Å². The van der Waals surface area contributed by atoms with Crippen LogP contribution in [-0.2, 0) is 16.0 Å². The second kappa shape index (κ2) is 10.2. The number of rotatable bonds is 8. The molecule has 6 heteroatoms. The largest absolute Gasteiger partial charge is 0.872 e. The lowest BCUT2D eigenvalue weighted by Gasteiger charge is -2.29. The number of fused-ring (bicyclic) bond motifs is 1. The van der Waals surface area contributed by atoms with Crippen molar-refractivity contribution in [2.24, 2.45) is 0 Å². The molecule has 2 unspecified atom stereocenters. The van der Waals surface area contributed by atoms with Gasteiger partial charge in [0.15, 0.2) is 0 Å². The molecule has 1 N–H and O–H groups in total. The average Bonchev–Trinajstić information content (AvgIpc) is 3.35. The molecule has 1 fully saturated rings. The Bertz CT molecular complexity index is 1130. The van der Waals surface area contributed by atoms with Crippen molar-refractivity contribution >= 4 is 17.4 Å². The summed E-state index contributed by atoms with van der Waals surface area (Å²) in [6, 6.07) is 12.6. The molecule has 2 aromatic carbocycles. The summed E-state index contributed by atoms with van der Waals surface area (Å²) in [5.41, 5.74) is 3.40. The first kappa shape index (κ1) is 25.0. The van der Waals surface area contributed by atoms with Crippen LogP contribution in [0.2, 0.25) is 0 Å². The van der Waals surface area contributed by atoms with Gasteiger partial charge in [-0.3, -0.25) is 9.59 Å². The molecule has 4 rings (SSSR count). The number of ketones is 1. The second-order valence-electron chi connectivity index (χ2n) is 9.96. The van der Waals surface area contributed by atoms with Crippen LogP contribution in [0.25, 0.3) is 5.76 Å². The van der Waals surface area contributed by atoms with Crippen molar-refractivity contribution < 1.29 is 24.3 Å². The number of hydrogen-bond donors (Lipinski definition) is 1. The quantitative estimate of drug-likeness (QED) is 0.360. The predicted molar refractivity (Wildman–Crippen MR) is 134 cm³/mol. The van der Waals surface area contributed by atoms with Crippen LogP contribution in [0.15, 0.2) is 48.0 Å². The van der Waals surface area contributed by atoms with E-state index in [0.717, 1.165) is 42.9 Å². The SMILES string of the molecule is CC[NH+](CC)CCN1C(=O)C(=O)/C(=C(/[O-])c2ccc3c(c2)CC(C)O3)C1c1ccc(C(C)C)cc1. The number of nitrogens with one attached hydrogen (secondary N) is 1. The average molecular weight is 477 g/mol. The molecule has 186 valence electrons. The molecule has 1 saturated heterocycles. The number of quaternary nitrogens is 1. The van der Waals surface area contributed by atoms with Crippen LogP contribution in [0.3, 0.4) is 0 Å². The van der Waals surface area contributed by atoms with Crippen molar-refractivity contribution in [3.05, 3.63) is 70.3 Å². The van der Waals surface area contributed by atoms with Gasteiger partial charge in [-0.2, -0.15) is 0 Å². The summed E-state index contributed by atoms with van der Waals surface area (Å²) in [6.45, 7) is 13.5. The first-order valence-corrected chi connectivity index (χ1v) is 12.7. The predicted octanol–water partition coefficient (Wildman–Crippen LogP) is 2.28. The van der Waals surface area contributed by atoms with Crippen molar-refractivity contribution in [3.63, 3.8) is 0 Å². The van der Waals surface area contributed by atoms with Crippen LogP contribution in [-0.4, -0.2) is 48.9 Å².